The van der Waals surface area contributed by atoms with Crippen LogP contribution in [0.2, 0.25) is 5.04 Å². The van der Waals surface area contributed by atoms with Gasteiger partial charge < -0.3 is 24.1 Å². The Kier molecular flexibility index (Phi) is 8.12. The van der Waals surface area contributed by atoms with Crippen LogP contribution in [0.3, 0.4) is 0 Å². The third-order valence-electron chi connectivity index (χ3n) is 7.98. The van der Waals surface area contributed by atoms with E-state index >= 15 is 0 Å². The Morgan fingerprint density at radius 2 is 1.52 bits per heavy atom. The second-order valence-electron chi connectivity index (χ2n) is 13.1. The highest BCUT2D eigenvalue weighted by atomic mass is 28.4. The van der Waals surface area contributed by atoms with Crippen LogP contribution >= 0.6 is 0 Å². The van der Waals surface area contributed by atoms with Gasteiger partial charge in [-0.25, -0.2) is 4.79 Å². The van der Waals surface area contributed by atoms with Gasteiger partial charge in [0.1, 0.15) is 23.1 Å². The van der Waals surface area contributed by atoms with Gasteiger partial charge in [0, 0.05) is 18.5 Å². The van der Waals surface area contributed by atoms with Crippen LogP contribution in [0.1, 0.15) is 66.0 Å². The van der Waals surface area contributed by atoms with Crippen LogP contribution in [0.5, 0.6) is 11.5 Å². The van der Waals surface area contributed by atoms with Crippen molar-refractivity contribution in [1.82, 2.24) is 10.2 Å². The molecule has 0 saturated carbocycles. The number of ether oxygens (including phenoxy) is 2. The summed E-state index contributed by atoms with van der Waals surface area (Å²) >= 11 is 0. The molecule has 0 bridgehead atoms. The number of carbonyl (C=O) groups is 2. The first-order chi connectivity index (χ1) is 19.9. The predicted octanol–water partition coefficient (Wildman–Crippen LogP) is 5.57. The van der Waals surface area contributed by atoms with Gasteiger partial charge in [0.15, 0.2) is 0 Å². The molecule has 0 spiro atoms. The van der Waals surface area contributed by atoms with Crippen LogP contribution in [0.4, 0.5) is 4.79 Å². The van der Waals surface area contributed by atoms with Gasteiger partial charge >= 0.3 is 14.4 Å². The number of nitrogens with one attached hydrogen (secondary N) is 1. The zero-order chi connectivity index (χ0) is 30.1. The summed E-state index contributed by atoms with van der Waals surface area (Å²) in [6, 6.07) is 26.3. The molecule has 0 radical (unpaired) electrons. The van der Waals surface area contributed by atoms with Crippen LogP contribution in [-0.2, 0) is 9.53 Å². The van der Waals surface area contributed by atoms with E-state index in [1.54, 1.807) is 20.8 Å². The molecule has 7 nitrogen and oxygen atoms in total. The molecule has 1 unspecified atom stereocenters. The lowest BCUT2D eigenvalue weighted by molar-refractivity contribution is -0.132. The molecular formula is C34H42N2O5Si. The van der Waals surface area contributed by atoms with Crippen molar-refractivity contribution in [3.05, 3.63) is 84.4 Å². The van der Waals surface area contributed by atoms with E-state index in [-0.39, 0.29) is 17.0 Å². The Labute approximate surface area is 250 Å². The van der Waals surface area contributed by atoms with E-state index in [4.69, 9.17) is 13.9 Å². The Balaban J connectivity index is 1.48. The van der Waals surface area contributed by atoms with Crippen molar-refractivity contribution in [1.29, 1.82) is 0 Å². The number of benzene rings is 3. The zero-order valence-electron chi connectivity index (χ0n) is 25.5. The van der Waals surface area contributed by atoms with E-state index in [0.29, 0.717) is 26.0 Å². The van der Waals surface area contributed by atoms with Gasteiger partial charge in [-0.2, -0.15) is 0 Å². The summed E-state index contributed by atoms with van der Waals surface area (Å²) < 4.78 is 18.7. The maximum atomic E-state index is 13.5. The van der Waals surface area contributed by atoms with E-state index in [9.17, 15) is 9.59 Å². The van der Waals surface area contributed by atoms with Crippen molar-refractivity contribution < 1.29 is 23.5 Å². The van der Waals surface area contributed by atoms with Gasteiger partial charge in [-0.1, -0.05) is 81.4 Å². The fraction of sp³-hybridized carbons (Fsp3) is 0.412. The number of fused-ring (bicyclic) bond motifs is 1. The maximum absolute atomic E-state index is 13.5. The molecule has 2 atom stereocenters. The highest BCUT2D eigenvalue weighted by Crippen LogP contribution is 2.42. The number of likely N-dealkylation sites (tertiary alicyclic amines) is 1. The quantitative estimate of drug-likeness (QED) is 0.382. The Hall–Kier alpha value is -3.78. The third kappa shape index (κ3) is 5.90. The summed E-state index contributed by atoms with van der Waals surface area (Å²) in [5.74, 6) is 1.42. The molecule has 42 heavy (non-hydrogen) atoms. The van der Waals surface area contributed by atoms with Crippen molar-refractivity contribution in [2.75, 3.05) is 13.2 Å². The molecule has 0 aliphatic carbocycles. The average molecular weight is 587 g/mol. The lowest BCUT2D eigenvalue weighted by Crippen LogP contribution is -2.68. The number of rotatable bonds is 6. The van der Waals surface area contributed by atoms with Crippen molar-refractivity contribution in [2.24, 2.45) is 0 Å². The minimum Gasteiger partial charge on any atom is -0.534 e. The lowest BCUT2D eigenvalue weighted by atomic mass is 9.99. The smallest absolute Gasteiger partial charge is 0.408 e. The molecule has 1 N–H and O–H groups in total. The van der Waals surface area contributed by atoms with Crippen molar-refractivity contribution in [2.45, 2.75) is 77.1 Å². The minimum atomic E-state index is -2.83. The standard InChI is InChI=1S/C34H42N2O5Si/c1-33(2,3)40-32(38)35-28-19-21-36(31(28)37)29-20-22-39-30-18-17-24(23-27(29)30)41-42(34(4,5)6,25-13-9-7-10-14-25)26-15-11-8-12-16-26/h7-18,23,28-29H,19-22H2,1-6H3,(H,35,38)/t28-,29?/m0/s1. The number of hydrogen-bond acceptors (Lipinski definition) is 5. The first-order valence-electron chi connectivity index (χ1n) is 14.8. The van der Waals surface area contributed by atoms with Gasteiger partial charge in [-0.3, -0.25) is 4.79 Å². The molecule has 0 aromatic heterocycles. The molecule has 8 heteroatoms. The van der Waals surface area contributed by atoms with Gasteiger partial charge in [-0.05, 0) is 60.8 Å². The minimum absolute atomic E-state index is 0.1000. The van der Waals surface area contributed by atoms with Crippen LogP contribution in [0.25, 0.3) is 0 Å². The molecule has 222 valence electrons. The predicted molar refractivity (Wildman–Crippen MR) is 167 cm³/mol. The second-order valence-corrected chi connectivity index (χ2v) is 17.4. The van der Waals surface area contributed by atoms with Crippen LogP contribution in [-0.4, -0.2) is 50.0 Å². The molecular weight excluding hydrogens is 544 g/mol. The van der Waals surface area contributed by atoms with E-state index in [1.807, 2.05) is 29.2 Å². The number of nitrogens with zero attached hydrogens (tertiary/aromatic N) is 1. The second kappa shape index (κ2) is 11.5. The Bertz CT molecular complexity index is 1380. The first kappa shape index (κ1) is 29.7. The SMILES string of the molecule is CC(C)(C)OC(=O)N[C@H]1CCN(C2CCOc3ccc(O[Si](c4ccccc4)(c4ccccc4)C(C)(C)C)cc32)C1=O. The van der Waals surface area contributed by atoms with Crippen LogP contribution in [0.15, 0.2) is 78.9 Å². The largest absolute Gasteiger partial charge is 0.534 e. The first-order valence-corrected chi connectivity index (χ1v) is 16.7. The summed E-state index contributed by atoms with van der Waals surface area (Å²) in [5, 5.41) is 4.97. The fourth-order valence-electron chi connectivity index (χ4n) is 6.16. The summed E-state index contributed by atoms with van der Waals surface area (Å²) in [4.78, 5) is 27.8. The molecule has 3 aromatic carbocycles. The molecule has 5 rings (SSSR count). The highest BCUT2D eigenvalue weighted by molar-refractivity contribution is 7.00. The van der Waals surface area contributed by atoms with E-state index in [2.05, 4.69) is 80.7 Å². The van der Waals surface area contributed by atoms with Crippen LogP contribution < -0.4 is 24.9 Å². The fourth-order valence-corrected chi connectivity index (χ4v) is 10.6. The number of amides is 2. The van der Waals surface area contributed by atoms with Gasteiger partial charge in [0.25, 0.3) is 0 Å². The van der Waals surface area contributed by atoms with Gasteiger partial charge in [0.2, 0.25) is 5.91 Å². The molecule has 2 aliphatic heterocycles. The maximum Gasteiger partial charge on any atom is 0.408 e. The van der Waals surface area contributed by atoms with Crippen molar-refractivity contribution >= 4 is 30.7 Å². The summed E-state index contributed by atoms with van der Waals surface area (Å²) in [6.45, 7) is 13.2. The molecule has 1 saturated heterocycles. The summed E-state index contributed by atoms with van der Waals surface area (Å²) in [5.41, 5.74) is 0.301. The summed E-state index contributed by atoms with van der Waals surface area (Å²) in [6.07, 6.45) is 0.625. The lowest BCUT2D eigenvalue weighted by Gasteiger charge is -2.43. The molecule has 3 aromatic rings. The van der Waals surface area contributed by atoms with E-state index < -0.39 is 26.1 Å². The van der Waals surface area contributed by atoms with Crippen LogP contribution in [0, 0.1) is 0 Å². The average Bonchev–Trinajstić information content (AvgIpc) is 3.29. The van der Waals surface area contributed by atoms with E-state index in [0.717, 1.165) is 17.1 Å². The molecule has 2 amide bonds. The van der Waals surface area contributed by atoms with Gasteiger partial charge in [0.05, 0.1) is 12.6 Å². The number of alkyl carbamates (subject to hydrolysis) is 1. The van der Waals surface area contributed by atoms with Crippen molar-refractivity contribution in [3.8, 4) is 11.5 Å². The molecule has 2 heterocycles. The zero-order valence-corrected chi connectivity index (χ0v) is 26.5. The normalized spacial score (nSPS) is 19.1. The van der Waals surface area contributed by atoms with E-state index in [1.165, 1.54) is 10.4 Å². The Morgan fingerprint density at radius 3 is 2.10 bits per heavy atom. The Morgan fingerprint density at radius 1 is 0.905 bits per heavy atom. The number of hydrogen-bond donors (Lipinski definition) is 1. The molecule has 1 fully saturated rings. The summed E-state index contributed by atoms with van der Waals surface area (Å²) in [7, 11) is -2.83. The van der Waals surface area contributed by atoms with Crippen molar-refractivity contribution in [3.63, 3.8) is 0 Å². The molecule has 2 aliphatic rings. The number of carbonyl (C=O) groups excluding carboxylic acids is 2. The van der Waals surface area contributed by atoms with Gasteiger partial charge in [-0.15, -0.1) is 0 Å². The third-order valence-corrected chi connectivity index (χ3v) is 12.9. The highest BCUT2D eigenvalue weighted by Gasteiger charge is 2.52. The monoisotopic (exact) mass is 586 g/mol. The topological polar surface area (TPSA) is 77.1 Å².